The molecule has 0 spiro atoms. The zero-order valence-corrected chi connectivity index (χ0v) is 16.3. The van der Waals surface area contributed by atoms with Crippen LogP contribution < -0.4 is 10.6 Å². The molecule has 2 aliphatic heterocycles. The molecule has 0 radical (unpaired) electrons. The summed E-state index contributed by atoms with van der Waals surface area (Å²) in [5.41, 5.74) is 0.442. The number of aromatic nitrogens is 1. The van der Waals surface area contributed by atoms with Gasteiger partial charge in [0, 0.05) is 17.7 Å². The number of benzene rings is 1. The first kappa shape index (κ1) is 19.1. The number of rotatable bonds is 5. The second-order valence-corrected chi connectivity index (χ2v) is 8.09. The molecular weight excluding hydrogens is 404 g/mol. The fourth-order valence-electron chi connectivity index (χ4n) is 2.89. The van der Waals surface area contributed by atoms with Crippen LogP contribution in [0.25, 0.3) is 10.6 Å². The summed E-state index contributed by atoms with van der Waals surface area (Å²) in [4.78, 5) is 16.7. The number of hydrogen-bond acceptors (Lipinski definition) is 6. The maximum Gasteiger partial charge on any atom is 0.275 e. The lowest BCUT2D eigenvalue weighted by Crippen LogP contribution is -2.26. The Balaban J connectivity index is 1.52. The van der Waals surface area contributed by atoms with E-state index in [0.29, 0.717) is 10.8 Å². The molecule has 9 heteroatoms. The Bertz CT molecular complexity index is 932. The minimum Gasteiger partial charge on any atom is -0.481 e. The third-order valence-corrected chi connectivity index (χ3v) is 6.06. The molecule has 1 amide bonds. The predicted octanol–water partition coefficient (Wildman–Crippen LogP) is 3.67. The quantitative estimate of drug-likeness (QED) is 0.771. The molecule has 146 valence electrons. The maximum absolute atomic E-state index is 13.9. The van der Waals surface area contributed by atoms with Crippen LogP contribution in [-0.4, -0.2) is 35.8 Å². The van der Waals surface area contributed by atoms with E-state index in [1.807, 2.05) is 6.08 Å². The molecule has 1 unspecified atom stereocenters. The minimum atomic E-state index is -0.712. The minimum absolute atomic E-state index is 0.0795. The van der Waals surface area contributed by atoms with Crippen molar-refractivity contribution < 1.29 is 18.3 Å². The molecule has 2 aromatic rings. The van der Waals surface area contributed by atoms with E-state index >= 15 is 0 Å². The van der Waals surface area contributed by atoms with Gasteiger partial charge in [0.1, 0.15) is 28.4 Å². The van der Waals surface area contributed by atoms with Crippen LogP contribution in [0.15, 0.2) is 46.5 Å². The van der Waals surface area contributed by atoms with Gasteiger partial charge >= 0.3 is 0 Å². The monoisotopic (exact) mass is 421 g/mol. The van der Waals surface area contributed by atoms with Gasteiger partial charge in [-0.15, -0.1) is 11.3 Å². The molecule has 3 heterocycles. The van der Waals surface area contributed by atoms with E-state index in [2.05, 4.69) is 15.6 Å². The first-order valence-corrected chi connectivity index (χ1v) is 10.6. The summed E-state index contributed by atoms with van der Waals surface area (Å²) >= 11 is 2.53. The van der Waals surface area contributed by atoms with Gasteiger partial charge in [-0.2, -0.15) is 0 Å². The van der Waals surface area contributed by atoms with Crippen molar-refractivity contribution in [2.24, 2.45) is 0 Å². The molecular formula is C19H17F2N3O2S2. The lowest BCUT2D eigenvalue weighted by molar-refractivity contribution is 0.0956. The highest BCUT2D eigenvalue weighted by atomic mass is 32.2. The number of halogens is 2. The Labute approximate surface area is 168 Å². The number of amides is 1. The zero-order valence-electron chi connectivity index (χ0n) is 14.7. The SMILES string of the molecule is O=C(NC1=C(OC2CCNC2)SCC=C1)c1csc(-c2c(F)cccc2F)n1. The highest BCUT2D eigenvalue weighted by molar-refractivity contribution is 8.03. The summed E-state index contributed by atoms with van der Waals surface area (Å²) in [6.07, 6.45) is 4.73. The fraction of sp³-hybridized carbons (Fsp3) is 0.263. The van der Waals surface area contributed by atoms with E-state index < -0.39 is 17.5 Å². The van der Waals surface area contributed by atoms with Gasteiger partial charge in [-0.05, 0) is 31.2 Å². The number of thioether (sulfide) groups is 1. The van der Waals surface area contributed by atoms with Crippen LogP contribution in [0.3, 0.4) is 0 Å². The van der Waals surface area contributed by atoms with E-state index in [4.69, 9.17) is 4.74 Å². The van der Waals surface area contributed by atoms with Gasteiger partial charge in [-0.3, -0.25) is 4.79 Å². The number of carbonyl (C=O) groups excluding carboxylic acids is 1. The van der Waals surface area contributed by atoms with E-state index in [-0.39, 0.29) is 22.4 Å². The molecule has 4 rings (SSSR count). The Morgan fingerprint density at radius 3 is 2.89 bits per heavy atom. The predicted molar refractivity (Wildman–Crippen MR) is 106 cm³/mol. The molecule has 1 aromatic carbocycles. The van der Waals surface area contributed by atoms with Crippen molar-refractivity contribution in [2.45, 2.75) is 12.5 Å². The second kappa shape index (κ2) is 8.42. The third kappa shape index (κ3) is 4.11. The summed E-state index contributed by atoms with van der Waals surface area (Å²) in [6.45, 7) is 1.69. The summed E-state index contributed by atoms with van der Waals surface area (Å²) in [6, 6.07) is 3.61. The summed E-state index contributed by atoms with van der Waals surface area (Å²) in [5.74, 6) is -1.11. The summed E-state index contributed by atoms with van der Waals surface area (Å²) in [7, 11) is 0. The molecule has 2 aliphatic rings. The van der Waals surface area contributed by atoms with Gasteiger partial charge in [-0.1, -0.05) is 23.9 Å². The molecule has 2 N–H and O–H groups in total. The molecule has 1 aromatic heterocycles. The Morgan fingerprint density at radius 2 is 2.14 bits per heavy atom. The second-order valence-electron chi connectivity index (χ2n) is 6.24. The van der Waals surface area contributed by atoms with Gasteiger partial charge in [0.25, 0.3) is 5.91 Å². The van der Waals surface area contributed by atoms with Gasteiger partial charge in [0.2, 0.25) is 0 Å². The van der Waals surface area contributed by atoms with Crippen molar-refractivity contribution in [1.82, 2.24) is 15.6 Å². The molecule has 0 saturated carbocycles. The van der Waals surface area contributed by atoms with Gasteiger partial charge in [0.05, 0.1) is 11.3 Å². The molecule has 1 saturated heterocycles. The molecule has 0 bridgehead atoms. The van der Waals surface area contributed by atoms with Gasteiger partial charge in [-0.25, -0.2) is 13.8 Å². The zero-order chi connectivity index (χ0) is 19.5. The normalized spacial score (nSPS) is 19.1. The Hall–Kier alpha value is -2.23. The number of thiazole rings is 1. The molecule has 1 fully saturated rings. The number of nitrogens with one attached hydrogen (secondary N) is 2. The molecule has 0 aliphatic carbocycles. The fourth-order valence-corrected chi connectivity index (χ4v) is 4.56. The smallest absolute Gasteiger partial charge is 0.275 e. The maximum atomic E-state index is 13.9. The van der Waals surface area contributed by atoms with E-state index in [1.165, 1.54) is 23.2 Å². The molecule has 1 atom stereocenters. The van der Waals surface area contributed by atoms with Crippen molar-refractivity contribution in [3.05, 3.63) is 63.8 Å². The summed E-state index contributed by atoms with van der Waals surface area (Å²) < 4.78 is 33.9. The van der Waals surface area contributed by atoms with Crippen LogP contribution >= 0.6 is 23.1 Å². The first-order chi connectivity index (χ1) is 13.6. The summed E-state index contributed by atoms with van der Waals surface area (Å²) in [5, 5.41) is 8.31. The largest absolute Gasteiger partial charge is 0.481 e. The van der Waals surface area contributed by atoms with Crippen molar-refractivity contribution in [3.63, 3.8) is 0 Å². The van der Waals surface area contributed by atoms with Gasteiger partial charge in [0.15, 0.2) is 5.09 Å². The van der Waals surface area contributed by atoms with E-state index in [0.717, 1.165) is 48.7 Å². The van der Waals surface area contributed by atoms with Crippen LogP contribution in [0.1, 0.15) is 16.9 Å². The number of carbonyl (C=O) groups is 1. The van der Waals surface area contributed by atoms with Crippen LogP contribution in [0, 0.1) is 11.6 Å². The number of allylic oxidation sites excluding steroid dienone is 1. The average molecular weight is 421 g/mol. The Morgan fingerprint density at radius 1 is 1.32 bits per heavy atom. The highest BCUT2D eigenvalue weighted by Crippen LogP contribution is 2.30. The van der Waals surface area contributed by atoms with Crippen LogP contribution in [-0.2, 0) is 4.74 Å². The standard InChI is InChI=1S/C19H17F2N3O2S2/c20-12-3-1-4-13(21)16(12)18-24-15(10-28-18)17(25)23-14-5-2-8-27-19(14)26-11-6-7-22-9-11/h1-5,10-11,22H,6-9H2,(H,23,25). The van der Waals surface area contributed by atoms with E-state index in [9.17, 15) is 13.6 Å². The lowest BCUT2D eigenvalue weighted by atomic mass is 10.2. The van der Waals surface area contributed by atoms with Crippen LogP contribution in [0.2, 0.25) is 0 Å². The topological polar surface area (TPSA) is 63.2 Å². The van der Waals surface area contributed by atoms with Crippen LogP contribution in [0.5, 0.6) is 0 Å². The highest BCUT2D eigenvalue weighted by Gasteiger charge is 2.23. The molecule has 28 heavy (non-hydrogen) atoms. The van der Waals surface area contributed by atoms with Crippen molar-refractivity contribution >= 4 is 29.0 Å². The average Bonchev–Trinajstić information content (AvgIpc) is 3.35. The van der Waals surface area contributed by atoms with Crippen molar-refractivity contribution in [2.75, 3.05) is 18.8 Å². The number of ether oxygens (including phenoxy) is 1. The first-order valence-electron chi connectivity index (χ1n) is 8.74. The lowest BCUT2D eigenvalue weighted by Gasteiger charge is -2.20. The van der Waals surface area contributed by atoms with Crippen molar-refractivity contribution in [1.29, 1.82) is 0 Å². The third-order valence-electron chi connectivity index (χ3n) is 4.27. The van der Waals surface area contributed by atoms with Crippen LogP contribution in [0.4, 0.5) is 8.78 Å². The Kier molecular flexibility index (Phi) is 5.74. The molecule has 5 nitrogen and oxygen atoms in total. The van der Waals surface area contributed by atoms with Gasteiger partial charge < -0.3 is 15.4 Å². The van der Waals surface area contributed by atoms with Crippen molar-refractivity contribution in [3.8, 4) is 10.6 Å². The number of nitrogens with zero attached hydrogens (tertiary/aromatic N) is 1. The van der Waals surface area contributed by atoms with E-state index in [1.54, 1.807) is 6.08 Å². The number of hydrogen-bond donors (Lipinski definition) is 2.